The van der Waals surface area contributed by atoms with Crippen molar-refractivity contribution in [3.8, 4) is 28.3 Å². The van der Waals surface area contributed by atoms with Crippen LogP contribution in [0.2, 0.25) is 0 Å². The molecule has 1 aliphatic carbocycles. The first kappa shape index (κ1) is 20.0. The topological polar surface area (TPSA) is 81.5 Å². The van der Waals surface area contributed by atoms with Crippen molar-refractivity contribution in [2.24, 2.45) is 0 Å². The highest BCUT2D eigenvalue weighted by molar-refractivity contribution is 5.76. The summed E-state index contributed by atoms with van der Waals surface area (Å²) in [7, 11) is 1.65. The molecule has 3 aromatic rings. The molecule has 6 nitrogen and oxygen atoms in total. The highest BCUT2D eigenvalue weighted by Gasteiger charge is 2.24. The number of aliphatic carboxylic acids is 1. The Kier molecular flexibility index (Phi) is 6.05. The molecule has 6 heteroatoms. The molecule has 0 radical (unpaired) electrons. The van der Waals surface area contributed by atoms with Crippen LogP contribution >= 0.6 is 0 Å². The Balaban J connectivity index is 1.74. The molecule has 1 heterocycles. The van der Waals surface area contributed by atoms with Crippen LogP contribution < -0.4 is 4.74 Å². The van der Waals surface area contributed by atoms with E-state index in [4.69, 9.17) is 14.6 Å². The molecule has 0 atom stereocenters. The first-order valence-corrected chi connectivity index (χ1v) is 10.1. The number of carboxylic acids is 1. The quantitative estimate of drug-likeness (QED) is 0.573. The van der Waals surface area contributed by atoms with Gasteiger partial charge in [0.1, 0.15) is 18.1 Å². The lowest BCUT2D eigenvalue weighted by atomic mass is 9.97. The van der Waals surface area contributed by atoms with E-state index in [9.17, 15) is 4.79 Å². The monoisotopic (exact) mass is 404 g/mol. The number of ether oxygens (including phenoxy) is 2. The number of carboxylic acid groups (broad SMARTS) is 1. The zero-order valence-corrected chi connectivity index (χ0v) is 16.9. The zero-order chi connectivity index (χ0) is 20.9. The van der Waals surface area contributed by atoms with E-state index < -0.39 is 5.97 Å². The van der Waals surface area contributed by atoms with Crippen LogP contribution in [-0.4, -0.2) is 41.6 Å². The van der Waals surface area contributed by atoms with Gasteiger partial charge in [-0.1, -0.05) is 30.3 Å². The second-order valence-electron chi connectivity index (χ2n) is 7.32. The third-order valence-electron chi connectivity index (χ3n) is 5.28. The fourth-order valence-electron chi connectivity index (χ4n) is 3.96. The number of aromatic nitrogens is 2. The van der Waals surface area contributed by atoms with Gasteiger partial charge in [0.25, 0.3) is 0 Å². The third kappa shape index (κ3) is 4.19. The van der Waals surface area contributed by atoms with Crippen molar-refractivity contribution in [1.82, 2.24) is 10.2 Å². The number of hydrogen-bond donors (Lipinski definition) is 1. The van der Waals surface area contributed by atoms with Crippen molar-refractivity contribution < 1.29 is 19.4 Å². The summed E-state index contributed by atoms with van der Waals surface area (Å²) in [6.07, 6.45) is 2.91. The number of fused-ring (bicyclic) bond motifs is 1. The Morgan fingerprint density at radius 3 is 2.57 bits per heavy atom. The van der Waals surface area contributed by atoms with E-state index in [-0.39, 0.29) is 6.42 Å². The van der Waals surface area contributed by atoms with Crippen LogP contribution in [0, 0.1) is 0 Å². The first-order chi connectivity index (χ1) is 14.7. The van der Waals surface area contributed by atoms with E-state index >= 15 is 0 Å². The lowest BCUT2D eigenvalue weighted by Crippen LogP contribution is -2.06. The van der Waals surface area contributed by atoms with Gasteiger partial charge in [0.05, 0.1) is 18.7 Å². The van der Waals surface area contributed by atoms with E-state index in [1.807, 2.05) is 48.5 Å². The lowest BCUT2D eigenvalue weighted by Gasteiger charge is -2.15. The molecule has 1 aliphatic rings. The van der Waals surface area contributed by atoms with Gasteiger partial charge >= 0.3 is 5.97 Å². The fraction of sp³-hybridized carbons (Fsp3) is 0.292. The minimum absolute atomic E-state index is 0.00622. The lowest BCUT2D eigenvalue weighted by molar-refractivity contribution is -0.136. The predicted molar refractivity (Wildman–Crippen MR) is 114 cm³/mol. The number of nitrogens with zero attached hydrogens (tertiary/aromatic N) is 2. The van der Waals surface area contributed by atoms with Gasteiger partial charge in [-0.15, -0.1) is 10.2 Å². The maximum Gasteiger partial charge on any atom is 0.307 e. The molecule has 2 aromatic carbocycles. The van der Waals surface area contributed by atoms with Crippen LogP contribution in [0.1, 0.15) is 23.1 Å². The van der Waals surface area contributed by atoms with Crippen molar-refractivity contribution in [3.05, 3.63) is 65.2 Å². The summed E-state index contributed by atoms with van der Waals surface area (Å²) in [5, 5.41) is 18.3. The van der Waals surface area contributed by atoms with E-state index in [1.54, 1.807) is 7.11 Å². The molecule has 0 bridgehead atoms. The molecule has 0 spiro atoms. The van der Waals surface area contributed by atoms with Gasteiger partial charge < -0.3 is 14.6 Å². The summed E-state index contributed by atoms with van der Waals surface area (Å²) in [4.78, 5) is 11.1. The summed E-state index contributed by atoms with van der Waals surface area (Å²) in [6.45, 7) is 0.987. The van der Waals surface area contributed by atoms with E-state index in [0.29, 0.717) is 13.2 Å². The van der Waals surface area contributed by atoms with Gasteiger partial charge in [-0.25, -0.2) is 0 Å². The van der Waals surface area contributed by atoms with Crippen molar-refractivity contribution in [2.75, 3.05) is 20.3 Å². The Bertz CT molecular complexity index is 1060. The number of benzene rings is 2. The van der Waals surface area contributed by atoms with E-state index in [1.165, 1.54) is 11.1 Å². The number of hydrogen-bond acceptors (Lipinski definition) is 5. The summed E-state index contributed by atoms with van der Waals surface area (Å²) in [5.74, 6) is -0.0713. The van der Waals surface area contributed by atoms with Gasteiger partial charge in [0, 0.05) is 18.2 Å². The normalized spacial score (nSPS) is 12.6. The van der Waals surface area contributed by atoms with E-state index in [0.717, 1.165) is 53.1 Å². The van der Waals surface area contributed by atoms with Crippen molar-refractivity contribution in [1.29, 1.82) is 0 Å². The number of methoxy groups -OCH3 is 1. The van der Waals surface area contributed by atoms with Crippen LogP contribution in [0.5, 0.6) is 5.75 Å². The minimum Gasteiger partial charge on any atom is -0.490 e. The predicted octanol–water partition coefficient (Wildman–Crippen LogP) is 3.95. The molecule has 1 N–H and O–H groups in total. The third-order valence-corrected chi connectivity index (χ3v) is 5.28. The van der Waals surface area contributed by atoms with Crippen molar-refractivity contribution >= 4 is 5.97 Å². The molecule has 0 unspecified atom stereocenters. The summed E-state index contributed by atoms with van der Waals surface area (Å²) in [6, 6.07) is 15.5. The van der Waals surface area contributed by atoms with Gasteiger partial charge in [-0.05, 0) is 54.2 Å². The summed E-state index contributed by atoms with van der Waals surface area (Å²) >= 11 is 0. The Morgan fingerprint density at radius 2 is 1.77 bits per heavy atom. The second-order valence-corrected chi connectivity index (χ2v) is 7.32. The zero-order valence-electron chi connectivity index (χ0n) is 16.9. The molecule has 0 fully saturated rings. The van der Waals surface area contributed by atoms with Crippen molar-refractivity contribution in [3.63, 3.8) is 0 Å². The SMILES string of the molecule is COCCOc1ccccc1-c1nnc(-c2cccc(CC(=O)O)c2)c2c1CCC2. The number of para-hydroxylation sites is 1. The second kappa shape index (κ2) is 9.05. The average Bonchev–Trinajstić information content (AvgIpc) is 3.23. The fourth-order valence-corrected chi connectivity index (χ4v) is 3.96. The van der Waals surface area contributed by atoms with Crippen LogP contribution in [-0.2, 0) is 28.8 Å². The van der Waals surface area contributed by atoms with Crippen LogP contribution in [0.15, 0.2) is 48.5 Å². The van der Waals surface area contributed by atoms with Crippen LogP contribution in [0.4, 0.5) is 0 Å². The number of carbonyl (C=O) groups is 1. The molecular formula is C24H24N2O4. The molecule has 0 saturated heterocycles. The molecule has 4 rings (SSSR count). The van der Waals surface area contributed by atoms with Gasteiger partial charge in [0.15, 0.2) is 0 Å². The Labute approximate surface area is 175 Å². The van der Waals surface area contributed by atoms with Crippen LogP contribution in [0.3, 0.4) is 0 Å². The minimum atomic E-state index is -0.844. The first-order valence-electron chi connectivity index (χ1n) is 10.1. The highest BCUT2D eigenvalue weighted by Crippen LogP contribution is 2.38. The maximum absolute atomic E-state index is 11.1. The van der Waals surface area contributed by atoms with Crippen molar-refractivity contribution in [2.45, 2.75) is 25.7 Å². The van der Waals surface area contributed by atoms with Gasteiger partial charge in [0.2, 0.25) is 0 Å². The smallest absolute Gasteiger partial charge is 0.307 e. The maximum atomic E-state index is 11.1. The standard InChI is InChI=1S/C24H24N2O4/c1-29-12-13-30-21-11-3-2-8-20(21)24-19-10-5-9-18(19)23(25-26-24)17-7-4-6-16(14-17)15-22(27)28/h2-4,6-8,11,14H,5,9-10,12-13,15H2,1H3,(H,27,28). The van der Waals surface area contributed by atoms with Crippen LogP contribution in [0.25, 0.3) is 22.5 Å². The summed E-state index contributed by atoms with van der Waals surface area (Å²) in [5.41, 5.74) is 6.71. The summed E-state index contributed by atoms with van der Waals surface area (Å²) < 4.78 is 11.0. The molecule has 0 aliphatic heterocycles. The van der Waals surface area contributed by atoms with Gasteiger partial charge in [-0.3, -0.25) is 4.79 Å². The Morgan fingerprint density at radius 1 is 1.00 bits per heavy atom. The molecule has 1 aromatic heterocycles. The largest absolute Gasteiger partial charge is 0.490 e. The molecule has 30 heavy (non-hydrogen) atoms. The molecule has 0 amide bonds. The van der Waals surface area contributed by atoms with E-state index in [2.05, 4.69) is 10.2 Å². The molecule has 154 valence electrons. The average molecular weight is 404 g/mol. The molecule has 0 saturated carbocycles. The highest BCUT2D eigenvalue weighted by atomic mass is 16.5. The Hall–Kier alpha value is -3.25. The number of rotatable bonds is 8. The van der Waals surface area contributed by atoms with Gasteiger partial charge in [-0.2, -0.15) is 0 Å². The molecular weight excluding hydrogens is 380 g/mol.